The zero-order chi connectivity index (χ0) is 15.3. The van der Waals surface area contributed by atoms with Gasteiger partial charge in [0.1, 0.15) is 6.17 Å². The molecule has 0 saturated heterocycles. The molecule has 0 amide bonds. The number of fused-ring (bicyclic) bond motifs is 2. The topological polar surface area (TPSA) is 9.86 Å². The second kappa shape index (κ2) is 5.38. The molecular formula is C16H12N2S4. The lowest BCUT2D eigenvalue weighted by Crippen LogP contribution is -2.14. The second-order valence-electron chi connectivity index (χ2n) is 5.04. The van der Waals surface area contributed by atoms with Crippen molar-refractivity contribution >= 4 is 67.5 Å². The second-order valence-corrected chi connectivity index (χ2v) is 8.39. The highest BCUT2D eigenvalue weighted by molar-refractivity contribution is 7.74. The van der Waals surface area contributed by atoms with Crippen molar-refractivity contribution in [2.24, 2.45) is 0 Å². The van der Waals surface area contributed by atoms with Crippen molar-refractivity contribution in [1.29, 1.82) is 0 Å². The molecule has 0 aliphatic carbocycles. The Morgan fingerprint density at radius 2 is 1.18 bits per heavy atom. The molecule has 0 N–H and O–H groups in total. The molecule has 0 aliphatic rings. The van der Waals surface area contributed by atoms with Gasteiger partial charge < -0.3 is 9.13 Å². The van der Waals surface area contributed by atoms with Gasteiger partial charge in [-0.3, -0.25) is 0 Å². The minimum atomic E-state index is 0.0623. The highest BCUT2D eigenvalue weighted by Gasteiger charge is 2.16. The van der Waals surface area contributed by atoms with Crippen molar-refractivity contribution in [3.05, 3.63) is 56.4 Å². The lowest BCUT2D eigenvalue weighted by Gasteiger charge is -2.18. The van der Waals surface area contributed by atoms with Crippen LogP contribution in [-0.2, 0) is 0 Å². The smallest absolute Gasteiger partial charge is 0.163 e. The van der Waals surface area contributed by atoms with Crippen LogP contribution in [-0.4, -0.2) is 9.13 Å². The summed E-state index contributed by atoms with van der Waals surface area (Å²) in [4.78, 5) is 0. The van der Waals surface area contributed by atoms with Crippen molar-refractivity contribution in [3.63, 3.8) is 0 Å². The van der Waals surface area contributed by atoms with Crippen molar-refractivity contribution in [2.45, 2.75) is 13.1 Å². The third-order valence-electron chi connectivity index (χ3n) is 3.78. The van der Waals surface area contributed by atoms with Crippen LogP contribution in [0.1, 0.15) is 13.1 Å². The molecule has 0 aliphatic heterocycles. The van der Waals surface area contributed by atoms with Gasteiger partial charge in [-0.2, -0.15) is 0 Å². The molecule has 0 radical (unpaired) electrons. The van der Waals surface area contributed by atoms with Crippen LogP contribution in [0, 0.1) is 7.91 Å². The molecule has 0 saturated carbocycles. The van der Waals surface area contributed by atoms with E-state index in [0.29, 0.717) is 0 Å². The van der Waals surface area contributed by atoms with Gasteiger partial charge in [-0.25, -0.2) is 0 Å². The van der Waals surface area contributed by atoms with Gasteiger partial charge in [0.05, 0.1) is 20.4 Å². The number of nitrogens with zero attached hydrogens (tertiary/aromatic N) is 2. The average molecular weight is 361 g/mol. The van der Waals surface area contributed by atoms with Crippen LogP contribution in [0.3, 0.4) is 0 Å². The van der Waals surface area contributed by atoms with Gasteiger partial charge in [-0.15, -0.1) is 22.7 Å². The number of hydrogen-bond donors (Lipinski definition) is 0. The molecule has 4 aromatic rings. The summed E-state index contributed by atoms with van der Waals surface area (Å²) < 4.78 is 8.58. The van der Waals surface area contributed by atoms with E-state index in [1.54, 1.807) is 22.7 Å². The van der Waals surface area contributed by atoms with Crippen LogP contribution >= 0.6 is 47.1 Å². The van der Waals surface area contributed by atoms with Crippen LogP contribution < -0.4 is 0 Å². The maximum atomic E-state index is 5.61. The summed E-state index contributed by atoms with van der Waals surface area (Å²) in [5.41, 5.74) is 2.34. The Balaban J connectivity index is 2.02. The molecule has 0 unspecified atom stereocenters. The number of hydrogen-bond acceptors (Lipinski definition) is 4. The summed E-state index contributed by atoms with van der Waals surface area (Å²) in [6.07, 6.45) is 0.0623. The molecule has 2 aromatic heterocycles. The SMILES string of the molecule is CC(n1c(=S)sc2ccccc21)n1c(=S)sc2ccccc21. The standard InChI is InChI=1S/C16H12N2S4/c1-10(17-11-6-2-4-8-13(11)21-15(17)19)18-12-7-3-5-9-14(12)22-16(18)20/h2-10H,1H3. The van der Waals surface area contributed by atoms with E-state index in [0.717, 1.165) is 7.91 Å². The number of para-hydroxylation sites is 2. The largest absolute Gasteiger partial charge is 0.302 e. The first-order valence-corrected chi connectivity index (χ1v) is 9.32. The fourth-order valence-corrected chi connectivity index (χ4v) is 5.74. The van der Waals surface area contributed by atoms with Crippen molar-refractivity contribution in [1.82, 2.24) is 9.13 Å². The van der Waals surface area contributed by atoms with Crippen LogP contribution in [0.5, 0.6) is 0 Å². The summed E-state index contributed by atoms with van der Waals surface area (Å²) in [5, 5.41) is 0. The van der Waals surface area contributed by atoms with Gasteiger partial charge >= 0.3 is 0 Å². The van der Waals surface area contributed by atoms with E-state index in [9.17, 15) is 0 Å². The fraction of sp³-hybridized carbons (Fsp3) is 0.125. The van der Waals surface area contributed by atoms with E-state index >= 15 is 0 Å². The predicted molar refractivity (Wildman–Crippen MR) is 101 cm³/mol. The summed E-state index contributed by atoms with van der Waals surface area (Å²) in [5.74, 6) is 0. The molecule has 22 heavy (non-hydrogen) atoms. The lowest BCUT2D eigenvalue weighted by molar-refractivity contribution is 0.494. The molecule has 6 heteroatoms. The molecule has 2 aromatic carbocycles. The Morgan fingerprint density at radius 3 is 1.64 bits per heavy atom. The number of thiazole rings is 2. The third-order valence-corrected chi connectivity index (χ3v) is 6.55. The molecule has 0 spiro atoms. The van der Waals surface area contributed by atoms with Crippen molar-refractivity contribution in [3.8, 4) is 0 Å². The van der Waals surface area contributed by atoms with Crippen LogP contribution in [0.15, 0.2) is 48.5 Å². The Kier molecular flexibility index (Phi) is 3.49. The van der Waals surface area contributed by atoms with Crippen LogP contribution in [0.2, 0.25) is 0 Å². The molecule has 4 rings (SSSR count). The summed E-state index contributed by atoms with van der Waals surface area (Å²) in [6, 6.07) is 16.7. The minimum Gasteiger partial charge on any atom is -0.302 e. The van der Waals surface area contributed by atoms with Gasteiger partial charge in [0.15, 0.2) is 7.91 Å². The van der Waals surface area contributed by atoms with E-state index < -0.39 is 0 Å². The minimum absolute atomic E-state index is 0.0623. The maximum Gasteiger partial charge on any atom is 0.163 e. The average Bonchev–Trinajstić information content (AvgIpc) is 3.01. The van der Waals surface area contributed by atoms with Crippen molar-refractivity contribution < 1.29 is 0 Å². The summed E-state index contributed by atoms with van der Waals surface area (Å²) >= 11 is 14.5. The first-order valence-electron chi connectivity index (χ1n) is 6.87. The Morgan fingerprint density at radius 1 is 0.773 bits per heavy atom. The monoisotopic (exact) mass is 360 g/mol. The normalized spacial score (nSPS) is 11.7. The number of aromatic nitrogens is 2. The van der Waals surface area contributed by atoms with E-state index in [4.69, 9.17) is 24.4 Å². The first-order chi connectivity index (χ1) is 10.7. The highest BCUT2D eigenvalue weighted by Crippen LogP contribution is 2.31. The molecule has 0 fully saturated rings. The summed E-state index contributed by atoms with van der Waals surface area (Å²) in [6.45, 7) is 2.16. The van der Waals surface area contributed by atoms with E-state index in [-0.39, 0.29) is 6.17 Å². The van der Waals surface area contributed by atoms with Crippen molar-refractivity contribution in [2.75, 3.05) is 0 Å². The first kappa shape index (κ1) is 14.3. The quantitative estimate of drug-likeness (QED) is 0.391. The van der Waals surface area contributed by atoms with Gasteiger partial charge in [0.25, 0.3) is 0 Å². The van der Waals surface area contributed by atoms with Crippen LogP contribution in [0.4, 0.5) is 0 Å². The van der Waals surface area contributed by atoms with Gasteiger partial charge in [0, 0.05) is 0 Å². The van der Waals surface area contributed by atoms with E-state index in [1.165, 1.54) is 20.4 Å². The predicted octanol–water partition coefficient (Wildman–Crippen LogP) is 6.24. The molecule has 0 atom stereocenters. The van der Waals surface area contributed by atoms with E-state index in [1.807, 2.05) is 12.1 Å². The van der Waals surface area contributed by atoms with Gasteiger partial charge in [0.2, 0.25) is 0 Å². The highest BCUT2D eigenvalue weighted by atomic mass is 32.2. The van der Waals surface area contributed by atoms with Gasteiger partial charge in [-0.1, -0.05) is 24.3 Å². The van der Waals surface area contributed by atoms with Crippen LogP contribution in [0.25, 0.3) is 20.4 Å². The molecular weight excluding hydrogens is 348 g/mol. The Hall–Kier alpha value is -1.34. The van der Waals surface area contributed by atoms with Gasteiger partial charge in [-0.05, 0) is 55.6 Å². The zero-order valence-corrected chi connectivity index (χ0v) is 15.0. The maximum absolute atomic E-state index is 5.61. The molecule has 0 bridgehead atoms. The zero-order valence-electron chi connectivity index (χ0n) is 11.7. The fourth-order valence-electron chi connectivity index (χ4n) is 2.79. The van der Waals surface area contributed by atoms with E-state index in [2.05, 4.69) is 52.5 Å². The number of rotatable bonds is 2. The summed E-state index contributed by atoms with van der Waals surface area (Å²) in [7, 11) is 0. The Bertz CT molecular complexity index is 1010. The molecule has 110 valence electrons. The lowest BCUT2D eigenvalue weighted by atomic mass is 10.3. The number of benzene rings is 2. The third kappa shape index (κ3) is 2.10. The molecule has 2 heterocycles. The Labute approximate surface area is 145 Å². The molecule has 2 nitrogen and oxygen atoms in total.